The highest BCUT2D eigenvalue weighted by Gasteiger charge is 2.22. The van der Waals surface area contributed by atoms with Gasteiger partial charge in [0.25, 0.3) is 0 Å². The Hall–Kier alpha value is -2.10. The summed E-state index contributed by atoms with van der Waals surface area (Å²) in [5.74, 6) is 1.49. The normalized spacial score (nSPS) is 16.8. The molecule has 0 radical (unpaired) electrons. The van der Waals surface area contributed by atoms with Gasteiger partial charge >= 0.3 is 0 Å². The van der Waals surface area contributed by atoms with E-state index >= 15 is 0 Å². The van der Waals surface area contributed by atoms with Gasteiger partial charge in [0.1, 0.15) is 0 Å². The molecule has 0 bridgehead atoms. The summed E-state index contributed by atoms with van der Waals surface area (Å²) in [4.78, 5) is 7.23. The van der Waals surface area contributed by atoms with Gasteiger partial charge in [0.15, 0.2) is 5.96 Å². The molecule has 148 valence electrons. The molecular weight excluding hydrogens is 338 g/mol. The number of hydrogen-bond donors (Lipinski definition) is 2. The molecule has 0 aromatic heterocycles. The second kappa shape index (κ2) is 11.6. The predicted molar refractivity (Wildman–Crippen MR) is 110 cm³/mol. The summed E-state index contributed by atoms with van der Waals surface area (Å²) in [5, 5.41) is 15.7. The van der Waals surface area contributed by atoms with Crippen LogP contribution in [0.4, 0.5) is 0 Å². The lowest BCUT2D eigenvalue weighted by molar-refractivity contribution is 0.0132. The molecule has 1 aliphatic heterocycles. The summed E-state index contributed by atoms with van der Waals surface area (Å²) >= 11 is 0. The molecule has 1 aromatic carbocycles. The number of guanidine groups is 1. The lowest BCUT2D eigenvalue weighted by Crippen LogP contribution is -2.51. The van der Waals surface area contributed by atoms with Gasteiger partial charge in [-0.25, -0.2) is 4.99 Å². The van der Waals surface area contributed by atoms with Gasteiger partial charge in [-0.05, 0) is 37.0 Å². The molecule has 0 amide bonds. The lowest BCUT2D eigenvalue weighted by atomic mass is 10.0. The first-order chi connectivity index (χ1) is 13.1. The summed E-state index contributed by atoms with van der Waals surface area (Å²) in [6.07, 6.45) is 1.15. The smallest absolute Gasteiger partial charge is 0.191 e. The molecule has 1 fully saturated rings. The number of benzene rings is 1. The van der Waals surface area contributed by atoms with Gasteiger partial charge in [0, 0.05) is 32.2 Å². The zero-order chi connectivity index (χ0) is 19.5. The first kappa shape index (κ1) is 21.2. The minimum Gasteiger partial charge on any atom is -0.379 e. The van der Waals surface area contributed by atoms with Crippen molar-refractivity contribution in [2.75, 3.05) is 39.4 Å². The van der Waals surface area contributed by atoms with Crippen LogP contribution in [0.3, 0.4) is 0 Å². The Morgan fingerprint density at radius 1 is 1.22 bits per heavy atom. The van der Waals surface area contributed by atoms with E-state index in [1.54, 1.807) is 0 Å². The number of rotatable bonds is 8. The highest BCUT2D eigenvalue weighted by molar-refractivity contribution is 5.79. The number of morpholine rings is 1. The zero-order valence-corrected chi connectivity index (χ0v) is 16.9. The number of ether oxygens (including phenoxy) is 1. The van der Waals surface area contributed by atoms with Crippen molar-refractivity contribution in [1.82, 2.24) is 15.5 Å². The van der Waals surface area contributed by atoms with Crippen molar-refractivity contribution < 1.29 is 4.74 Å². The Labute approximate surface area is 163 Å². The van der Waals surface area contributed by atoms with Crippen LogP contribution in [0.2, 0.25) is 0 Å². The van der Waals surface area contributed by atoms with Crippen molar-refractivity contribution in [3.63, 3.8) is 0 Å². The molecule has 2 N–H and O–H groups in total. The number of aliphatic imine (C=N–C) groups is 1. The Morgan fingerprint density at radius 3 is 2.52 bits per heavy atom. The topological polar surface area (TPSA) is 72.7 Å². The lowest BCUT2D eigenvalue weighted by Gasteiger charge is -2.35. The molecule has 1 saturated heterocycles. The molecule has 6 heteroatoms. The molecule has 27 heavy (non-hydrogen) atoms. The average Bonchev–Trinajstić information content (AvgIpc) is 2.69. The van der Waals surface area contributed by atoms with Crippen LogP contribution in [-0.2, 0) is 11.3 Å². The van der Waals surface area contributed by atoms with E-state index in [2.05, 4.69) is 42.4 Å². The second-order valence-electron chi connectivity index (χ2n) is 7.32. The summed E-state index contributed by atoms with van der Waals surface area (Å²) in [6.45, 7) is 12.6. The van der Waals surface area contributed by atoms with Crippen molar-refractivity contribution in [1.29, 1.82) is 5.26 Å². The zero-order valence-electron chi connectivity index (χ0n) is 16.9. The maximum absolute atomic E-state index is 8.90. The molecule has 2 rings (SSSR count). The first-order valence-electron chi connectivity index (χ1n) is 9.95. The van der Waals surface area contributed by atoms with E-state index in [0.29, 0.717) is 24.1 Å². The van der Waals surface area contributed by atoms with Gasteiger partial charge in [-0.2, -0.15) is 5.26 Å². The third kappa shape index (κ3) is 7.58. The summed E-state index contributed by atoms with van der Waals surface area (Å²) < 4.78 is 5.50. The van der Waals surface area contributed by atoms with Crippen LogP contribution < -0.4 is 10.6 Å². The van der Waals surface area contributed by atoms with E-state index in [1.165, 1.54) is 0 Å². The van der Waals surface area contributed by atoms with E-state index in [0.717, 1.165) is 57.3 Å². The molecule has 1 atom stereocenters. The van der Waals surface area contributed by atoms with Gasteiger partial charge in [0.05, 0.1) is 31.4 Å². The van der Waals surface area contributed by atoms with Crippen LogP contribution in [0.1, 0.15) is 38.3 Å². The quantitative estimate of drug-likeness (QED) is 0.542. The SMILES string of the molecule is CCNC(=NCc1ccc(C#N)cc1)NCC(CC(C)C)N1CCOCC1. The van der Waals surface area contributed by atoms with Gasteiger partial charge in [-0.15, -0.1) is 0 Å². The molecule has 1 heterocycles. The van der Waals surface area contributed by atoms with Crippen molar-refractivity contribution in [3.05, 3.63) is 35.4 Å². The molecule has 1 aliphatic rings. The molecule has 0 spiro atoms. The van der Waals surface area contributed by atoms with E-state index < -0.39 is 0 Å². The van der Waals surface area contributed by atoms with Crippen molar-refractivity contribution in [2.24, 2.45) is 10.9 Å². The highest BCUT2D eigenvalue weighted by Crippen LogP contribution is 2.13. The minimum absolute atomic E-state index is 0.479. The molecule has 1 unspecified atom stereocenters. The highest BCUT2D eigenvalue weighted by atomic mass is 16.5. The number of nitrogens with one attached hydrogen (secondary N) is 2. The van der Waals surface area contributed by atoms with Crippen LogP contribution in [0, 0.1) is 17.2 Å². The number of nitriles is 1. The van der Waals surface area contributed by atoms with Crippen LogP contribution in [0.15, 0.2) is 29.3 Å². The maximum atomic E-state index is 8.90. The largest absolute Gasteiger partial charge is 0.379 e. The average molecular weight is 372 g/mol. The van der Waals surface area contributed by atoms with Gasteiger partial charge < -0.3 is 15.4 Å². The van der Waals surface area contributed by atoms with E-state index in [9.17, 15) is 0 Å². The van der Waals surface area contributed by atoms with Crippen LogP contribution in [0.5, 0.6) is 0 Å². The molecule has 0 saturated carbocycles. The van der Waals surface area contributed by atoms with Crippen molar-refractivity contribution in [3.8, 4) is 6.07 Å². The minimum atomic E-state index is 0.479. The fourth-order valence-corrected chi connectivity index (χ4v) is 3.26. The van der Waals surface area contributed by atoms with E-state index in [-0.39, 0.29) is 0 Å². The van der Waals surface area contributed by atoms with Gasteiger partial charge in [-0.3, -0.25) is 4.90 Å². The second-order valence-corrected chi connectivity index (χ2v) is 7.32. The number of hydrogen-bond acceptors (Lipinski definition) is 4. The standard InChI is InChI=1S/C21H33N5O/c1-4-23-21(24-15-19-7-5-18(14-22)6-8-19)25-16-20(13-17(2)3)26-9-11-27-12-10-26/h5-8,17,20H,4,9-13,15-16H2,1-3H3,(H2,23,24,25). The molecular formula is C21H33N5O. The van der Waals surface area contributed by atoms with E-state index in [4.69, 9.17) is 15.0 Å². The Kier molecular flexibility index (Phi) is 9.09. The Bertz CT molecular complexity index is 614. The molecule has 0 aliphatic carbocycles. The van der Waals surface area contributed by atoms with Crippen LogP contribution in [0.25, 0.3) is 0 Å². The Morgan fingerprint density at radius 2 is 1.93 bits per heavy atom. The fourth-order valence-electron chi connectivity index (χ4n) is 3.26. The van der Waals surface area contributed by atoms with E-state index in [1.807, 2.05) is 24.3 Å². The summed E-state index contributed by atoms with van der Waals surface area (Å²) in [6, 6.07) is 10.2. The summed E-state index contributed by atoms with van der Waals surface area (Å²) in [7, 11) is 0. The predicted octanol–water partition coefficient (Wildman–Crippen LogP) is 2.36. The number of nitrogens with zero attached hydrogens (tertiary/aromatic N) is 3. The molecule has 1 aromatic rings. The maximum Gasteiger partial charge on any atom is 0.191 e. The third-order valence-corrected chi connectivity index (χ3v) is 4.66. The molecule has 6 nitrogen and oxygen atoms in total. The van der Waals surface area contributed by atoms with Gasteiger partial charge in [-0.1, -0.05) is 26.0 Å². The van der Waals surface area contributed by atoms with Crippen LogP contribution in [-0.4, -0.2) is 56.3 Å². The van der Waals surface area contributed by atoms with Crippen molar-refractivity contribution >= 4 is 5.96 Å². The fraction of sp³-hybridized carbons (Fsp3) is 0.619. The first-order valence-corrected chi connectivity index (χ1v) is 9.95. The Balaban J connectivity index is 1.95. The van der Waals surface area contributed by atoms with Crippen LogP contribution >= 0.6 is 0 Å². The summed E-state index contributed by atoms with van der Waals surface area (Å²) in [5.41, 5.74) is 1.77. The third-order valence-electron chi connectivity index (χ3n) is 4.66. The van der Waals surface area contributed by atoms with Crippen molar-refractivity contribution in [2.45, 2.75) is 39.8 Å². The van der Waals surface area contributed by atoms with Gasteiger partial charge in [0.2, 0.25) is 0 Å². The monoisotopic (exact) mass is 371 g/mol.